The van der Waals surface area contributed by atoms with E-state index >= 15 is 0 Å². The standard InChI is InChI=1S/C13H15N3O3/c1-3-18-12-5-4-9(6-11(12)16-8(2)17)10-7-15-19-13(10)14/h4-7H,3,14H2,1-2H3,(H,16,17). The average molecular weight is 261 g/mol. The SMILES string of the molecule is CCOc1ccc(-c2cnoc2N)cc1NC(C)=O. The van der Waals surface area contributed by atoms with Gasteiger partial charge in [-0.2, -0.15) is 0 Å². The Bertz CT molecular complexity index is 593. The summed E-state index contributed by atoms with van der Waals surface area (Å²) in [6, 6.07) is 5.38. The van der Waals surface area contributed by atoms with Crippen molar-refractivity contribution < 1.29 is 14.1 Å². The first-order chi connectivity index (χ1) is 9.11. The lowest BCUT2D eigenvalue weighted by Crippen LogP contribution is -2.08. The molecule has 2 aromatic rings. The van der Waals surface area contributed by atoms with Crippen molar-refractivity contribution in [2.45, 2.75) is 13.8 Å². The monoisotopic (exact) mass is 261 g/mol. The number of amides is 1. The zero-order valence-corrected chi connectivity index (χ0v) is 10.8. The summed E-state index contributed by atoms with van der Waals surface area (Å²) >= 11 is 0. The summed E-state index contributed by atoms with van der Waals surface area (Å²) in [7, 11) is 0. The molecule has 1 aromatic carbocycles. The van der Waals surface area contributed by atoms with Gasteiger partial charge in [-0.1, -0.05) is 11.2 Å². The van der Waals surface area contributed by atoms with Crippen LogP contribution in [0, 0.1) is 0 Å². The first-order valence-electron chi connectivity index (χ1n) is 5.86. The molecule has 0 bridgehead atoms. The molecular weight excluding hydrogens is 246 g/mol. The van der Waals surface area contributed by atoms with E-state index in [1.807, 2.05) is 13.0 Å². The Labute approximate surface area is 110 Å². The molecule has 0 atom stereocenters. The van der Waals surface area contributed by atoms with E-state index in [9.17, 15) is 4.79 Å². The summed E-state index contributed by atoms with van der Waals surface area (Å²) in [6.45, 7) is 3.83. The number of hydrogen-bond acceptors (Lipinski definition) is 5. The second-order valence-corrected chi connectivity index (χ2v) is 3.93. The van der Waals surface area contributed by atoms with Gasteiger partial charge in [0, 0.05) is 6.92 Å². The highest BCUT2D eigenvalue weighted by molar-refractivity contribution is 5.92. The number of carbonyl (C=O) groups excluding carboxylic acids is 1. The smallest absolute Gasteiger partial charge is 0.229 e. The van der Waals surface area contributed by atoms with E-state index in [1.54, 1.807) is 12.1 Å². The van der Waals surface area contributed by atoms with E-state index in [2.05, 4.69) is 10.5 Å². The number of carbonyl (C=O) groups is 1. The predicted molar refractivity (Wildman–Crippen MR) is 71.8 cm³/mol. The van der Waals surface area contributed by atoms with E-state index < -0.39 is 0 Å². The van der Waals surface area contributed by atoms with Crippen LogP contribution in [-0.2, 0) is 4.79 Å². The molecule has 100 valence electrons. The van der Waals surface area contributed by atoms with E-state index in [1.165, 1.54) is 13.1 Å². The van der Waals surface area contributed by atoms with Gasteiger partial charge < -0.3 is 20.3 Å². The fraction of sp³-hybridized carbons (Fsp3) is 0.231. The van der Waals surface area contributed by atoms with Gasteiger partial charge in [-0.25, -0.2) is 0 Å². The number of nitrogens with zero attached hydrogens (tertiary/aromatic N) is 1. The molecule has 0 saturated carbocycles. The normalized spacial score (nSPS) is 10.2. The van der Waals surface area contributed by atoms with Crippen molar-refractivity contribution in [3.05, 3.63) is 24.4 Å². The molecule has 0 aliphatic carbocycles. The minimum Gasteiger partial charge on any atom is -0.492 e. The molecule has 2 rings (SSSR count). The van der Waals surface area contributed by atoms with Gasteiger partial charge in [0.2, 0.25) is 11.8 Å². The first kappa shape index (κ1) is 12.9. The van der Waals surface area contributed by atoms with Crippen molar-refractivity contribution in [2.75, 3.05) is 17.7 Å². The highest BCUT2D eigenvalue weighted by Gasteiger charge is 2.11. The lowest BCUT2D eigenvalue weighted by molar-refractivity contribution is -0.114. The van der Waals surface area contributed by atoms with Gasteiger partial charge in [0.25, 0.3) is 0 Å². The molecular formula is C13H15N3O3. The van der Waals surface area contributed by atoms with Crippen molar-refractivity contribution in [3.8, 4) is 16.9 Å². The maximum absolute atomic E-state index is 11.2. The molecule has 6 nitrogen and oxygen atoms in total. The Kier molecular flexibility index (Phi) is 3.70. The number of hydrogen-bond donors (Lipinski definition) is 2. The van der Waals surface area contributed by atoms with Gasteiger partial charge in [-0.15, -0.1) is 0 Å². The van der Waals surface area contributed by atoms with Crippen LogP contribution in [0.4, 0.5) is 11.6 Å². The maximum atomic E-state index is 11.2. The molecule has 0 spiro atoms. The lowest BCUT2D eigenvalue weighted by Gasteiger charge is -2.11. The van der Waals surface area contributed by atoms with Gasteiger partial charge in [0.1, 0.15) is 5.75 Å². The Morgan fingerprint density at radius 3 is 2.89 bits per heavy atom. The average Bonchev–Trinajstić information content (AvgIpc) is 2.77. The van der Waals surface area contributed by atoms with Crippen molar-refractivity contribution >= 4 is 17.5 Å². The van der Waals surface area contributed by atoms with Crippen LogP contribution in [0.15, 0.2) is 28.9 Å². The molecule has 1 amide bonds. The van der Waals surface area contributed by atoms with Crippen LogP contribution >= 0.6 is 0 Å². The lowest BCUT2D eigenvalue weighted by atomic mass is 10.1. The quantitative estimate of drug-likeness (QED) is 0.881. The Balaban J connectivity index is 2.43. The summed E-state index contributed by atoms with van der Waals surface area (Å²) in [5.41, 5.74) is 7.74. The minimum atomic E-state index is -0.170. The molecule has 19 heavy (non-hydrogen) atoms. The third-order valence-corrected chi connectivity index (χ3v) is 2.50. The third kappa shape index (κ3) is 2.85. The number of aromatic nitrogens is 1. The Morgan fingerprint density at radius 2 is 2.32 bits per heavy atom. The Morgan fingerprint density at radius 1 is 1.53 bits per heavy atom. The minimum absolute atomic E-state index is 0.170. The predicted octanol–water partition coefficient (Wildman–Crippen LogP) is 2.28. The van der Waals surface area contributed by atoms with Crippen LogP contribution in [0.5, 0.6) is 5.75 Å². The van der Waals surface area contributed by atoms with Crippen molar-refractivity contribution in [1.29, 1.82) is 0 Å². The zero-order chi connectivity index (χ0) is 13.8. The number of nitrogen functional groups attached to an aromatic ring is 1. The Hall–Kier alpha value is -2.50. The summed E-state index contributed by atoms with van der Waals surface area (Å²) in [4.78, 5) is 11.2. The number of anilines is 2. The third-order valence-electron chi connectivity index (χ3n) is 2.50. The summed E-state index contributed by atoms with van der Waals surface area (Å²) in [5, 5.41) is 6.35. The molecule has 3 N–H and O–H groups in total. The van der Waals surface area contributed by atoms with Crippen molar-refractivity contribution in [2.24, 2.45) is 0 Å². The van der Waals surface area contributed by atoms with Gasteiger partial charge in [0.15, 0.2) is 0 Å². The maximum Gasteiger partial charge on any atom is 0.229 e. The van der Waals surface area contributed by atoms with E-state index in [0.717, 1.165) is 5.56 Å². The van der Waals surface area contributed by atoms with Crippen LogP contribution in [0.2, 0.25) is 0 Å². The van der Waals surface area contributed by atoms with Crippen LogP contribution < -0.4 is 15.8 Å². The number of nitrogens with one attached hydrogen (secondary N) is 1. The van der Waals surface area contributed by atoms with E-state index in [-0.39, 0.29) is 11.8 Å². The van der Waals surface area contributed by atoms with E-state index in [0.29, 0.717) is 23.6 Å². The summed E-state index contributed by atoms with van der Waals surface area (Å²) in [5.74, 6) is 0.672. The number of rotatable bonds is 4. The largest absolute Gasteiger partial charge is 0.492 e. The number of ether oxygens (including phenoxy) is 1. The molecule has 1 aromatic heterocycles. The van der Waals surface area contributed by atoms with E-state index in [4.69, 9.17) is 15.0 Å². The molecule has 0 fully saturated rings. The topological polar surface area (TPSA) is 90.4 Å². The molecule has 0 radical (unpaired) electrons. The van der Waals surface area contributed by atoms with Gasteiger partial charge in [0.05, 0.1) is 24.1 Å². The number of nitrogens with two attached hydrogens (primary N) is 1. The summed E-state index contributed by atoms with van der Waals surface area (Å²) < 4.78 is 10.3. The second kappa shape index (κ2) is 5.43. The molecule has 0 aliphatic heterocycles. The highest BCUT2D eigenvalue weighted by Crippen LogP contribution is 2.33. The van der Waals surface area contributed by atoms with Crippen molar-refractivity contribution in [3.63, 3.8) is 0 Å². The highest BCUT2D eigenvalue weighted by atomic mass is 16.5. The first-order valence-corrected chi connectivity index (χ1v) is 5.86. The number of benzene rings is 1. The summed E-state index contributed by atoms with van der Waals surface area (Å²) in [6.07, 6.45) is 1.53. The molecule has 0 unspecified atom stereocenters. The molecule has 6 heteroatoms. The molecule has 1 heterocycles. The van der Waals surface area contributed by atoms with Gasteiger partial charge in [-0.3, -0.25) is 4.79 Å². The van der Waals surface area contributed by atoms with Crippen molar-refractivity contribution in [1.82, 2.24) is 5.16 Å². The second-order valence-electron chi connectivity index (χ2n) is 3.93. The fourth-order valence-electron chi connectivity index (χ4n) is 1.73. The van der Waals surface area contributed by atoms with Crippen LogP contribution in [0.1, 0.15) is 13.8 Å². The van der Waals surface area contributed by atoms with Gasteiger partial charge >= 0.3 is 0 Å². The molecule has 0 aliphatic rings. The van der Waals surface area contributed by atoms with Crippen LogP contribution in [0.3, 0.4) is 0 Å². The fourth-order valence-corrected chi connectivity index (χ4v) is 1.73. The zero-order valence-electron chi connectivity index (χ0n) is 10.8. The van der Waals surface area contributed by atoms with Gasteiger partial charge in [-0.05, 0) is 24.6 Å². The van der Waals surface area contributed by atoms with Crippen LogP contribution in [-0.4, -0.2) is 17.7 Å². The molecule has 0 saturated heterocycles. The van der Waals surface area contributed by atoms with Crippen LogP contribution in [0.25, 0.3) is 11.1 Å².